The van der Waals surface area contributed by atoms with Crippen LogP contribution < -0.4 is 0 Å². The van der Waals surface area contributed by atoms with E-state index in [1.165, 1.54) is 29.2 Å². The lowest BCUT2D eigenvalue weighted by molar-refractivity contribution is 0.0696. The van der Waals surface area contributed by atoms with Crippen LogP contribution in [0.4, 0.5) is 0 Å². The maximum absolute atomic E-state index is 11.0. The van der Waals surface area contributed by atoms with Crippen molar-refractivity contribution in [1.82, 2.24) is 14.6 Å². The Labute approximate surface area is 105 Å². The van der Waals surface area contributed by atoms with E-state index in [2.05, 4.69) is 10.2 Å². The van der Waals surface area contributed by atoms with Gasteiger partial charge in [0.2, 0.25) is 0 Å². The Morgan fingerprint density at radius 3 is 2.94 bits per heavy atom. The minimum atomic E-state index is -1.06. The quantitative estimate of drug-likeness (QED) is 0.767. The lowest BCUT2D eigenvalue weighted by Crippen LogP contribution is -2.00. The van der Waals surface area contributed by atoms with Gasteiger partial charge < -0.3 is 9.52 Å². The van der Waals surface area contributed by atoms with Crippen LogP contribution >= 0.6 is 11.6 Å². The van der Waals surface area contributed by atoms with Gasteiger partial charge in [-0.2, -0.15) is 0 Å². The van der Waals surface area contributed by atoms with E-state index in [1.807, 2.05) is 0 Å². The lowest BCUT2D eigenvalue weighted by atomic mass is 10.2. The summed E-state index contributed by atoms with van der Waals surface area (Å²) in [6.45, 7) is 0. The topological polar surface area (TPSA) is 80.6 Å². The maximum atomic E-state index is 11.0. The summed E-state index contributed by atoms with van der Waals surface area (Å²) in [5.74, 6) is -0.589. The van der Waals surface area contributed by atoms with Crippen LogP contribution in [0.3, 0.4) is 0 Å². The van der Waals surface area contributed by atoms with Crippen molar-refractivity contribution < 1.29 is 14.3 Å². The summed E-state index contributed by atoms with van der Waals surface area (Å²) in [5.41, 5.74) is 1.16. The molecule has 18 heavy (non-hydrogen) atoms. The van der Waals surface area contributed by atoms with E-state index in [9.17, 15) is 4.79 Å². The molecule has 0 saturated heterocycles. The Morgan fingerprint density at radius 1 is 1.44 bits per heavy atom. The third kappa shape index (κ3) is 1.54. The van der Waals surface area contributed by atoms with E-state index < -0.39 is 5.97 Å². The Morgan fingerprint density at radius 2 is 2.28 bits per heavy atom. The molecule has 6 nitrogen and oxygen atoms in total. The predicted molar refractivity (Wildman–Crippen MR) is 62.7 cm³/mol. The van der Waals surface area contributed by atoms with Crippen LogP contribution in [-0.2, 0) is 0 Å². The van der Waals surface area contributed by atoms with Crippen LogP contribution in [0.1, 0.15) is 10.4 Å². The van der Waals surface area contributed by atoms with Gasteiger partial charge in [-0.05, 0) is 12.1 Å². The molecular weight excluding hydrogens is 258 g/mol. The highest BCUT2D eigenvalue weighted by molar-refractivity contribution is 6.33. The van der Waals surface area contributed by atoms with Crippen LogP contribution in [0.25, 0.3) is 17.0 Å². The first kappa shape index (κ1) is 10.8. The third-order valence-corrected chi connectivity index (χ3v) is 2.76. The number of nitrogens with zero attached hydrogens (tertiary/aromatic N) is 3. The Hall–Kier alpha value is -2.34. The van der Waals surface area contributed by atoms with Crippen LogP contribution in [0, 0.1) is 0 Å². The smallest absolute Gasteiger partial charge is 0.337 e. The van der Waals surface area contributed by atoms with Crippen molar-refractivity contribution in [1.29, 1.82) is 0 Å². The number of carboxylic acids is 1. The number of aromatic nitrogens is 3. The molecule has 1 N–H and O–H groups in total. The van der Waals surface area contributed by atoms with Crippen molar-refractivity contribution >= 4 is 23.2 Å². The van der Waals surface area contributed by atoms with Crippen molar-refractivity contribution in [2.45, 2.75) is 0 Å². The molecule has 0 aromatic carbocycles. The molecule has 0 aliphatic rings. The number of halogens is 1. The van der Waals surface area contributed by atoms with Gasteiger partial charge in [-0.25, -0.2) is 4.79 Å². The van der Waals surface area contributed by atoms with Crippen molar-refractivity contribution in [3.05, 3.63) is 41.4 Å². The second kappa shape index (κ2) is 3.85. The maximum Gasteiger partial charge on any atom is 0.337 e. The van der Waals surface area contributed by atoms with Gasteiger partial charge in [-0.1, -0.05) is 11.6 Å². The summed E-state index contributed by atoms with van der Waals surface area (Å²) < 4.78 is 6.49. The summed E-state index contributed by atoms with van der Waals surface area (Å²) in [4.78, 5) is 11.0. The molecule has 3 rings (SSSR count). The SMILES string of the molecule is O=C(O)c1cc(Cl)c2nnc(-c3ccoc3)n2c1. The first-order chi connectivity index (χ1) is 8.66. The number of aromatic carboxylic acids is 1. The second-order valence-corrected chi connectivity index (χ2v) is 4.02. The molecule has 0 aliphatic carbocycles. The molecule has 0 unspecified atom stereocenters. The third-order valence-electron chi connectivity index (χ3n) is 2.49. The van der Waals surface area contributed by atoms with Gasteiger partial charge in [0.15, 0.2) is 11.5 Å². The lowest BCUT2D eigenvalue weighted by Gasteiger charge is -2.01. The predicted octanol–water partition coefficient (Wildman–Crippen LogP) is 2.34. The van der Waals surface area contributed by atoms with E-state index in [4.69, 9.17) is 21.1 Å². The fourth-order valence-electron chi connectivity index (χ4n) is 1.66. The highest BCUT2D eigenvalue weighted by atomic mass is 35.5. The van der Waals surface area contributed by atoms with Gasteiger partial charge in [-0.15, -0.1) is 10.2 Å². The van der Waals surface area contributed by atoms with Crippen LogP contribution in [0.2, 0.25) is 5.02 Å². The van der Waals surface area contributed by atoms with E-state index >= 15 is 0 Å². The van der Waals surface area contributed by atoms with Crippen LogP contribution in [0.15, 0.2) is 35.3 Å². The van der Waals surface area contributed by atoms with E-state index in [-0.39, 0.29) is 10.6 Å². The Bertz CT molecular complexity index is 733. The molecule has 7 heteroatoms. The minimum absolute atomic E-state index is 0.0667. The number of carbonyl (C=O) groups is 1. The number of hydrogen-bond acceptors (Lipinski definition) is 4. The van der Waals surface area contributed by atoms with Crippen molar-refractivity contribution in [2.24, 2.45) is 0 Å². The largest absolute Gasteiger partial charge is 0.478 e. The van der Waals surface area contributed by atoms with Crippen molar-refractivity contribution in [2.75, 3.05) is 0 Å². The van der Waals surface area contributed by atoms with Gasteiger partial charge in [0.25, 0.3) is 0 Å². The average molecular weight is 264 g/mol. The molecule has 3 heterocycles. The molecule has 0 bridgehead atoms. The molecule has 0 atom stereocenters. The number of hydrogen-bond donors (Lipinski definition) is 1. The fraction of sp³-hybridized carbons (Fsp3) is 0. The number of pyridine rings is 1. The van der Waals surface area contributed by atoms with Crippen LogP contribution in [-0.4, -0.2) is 25.7 Å². The Balaban J connectivity index is 2.32. The summed E-state index contributed by atoms with van der Waals surface area (Å²) >= 11 is 5.97. The zero-order chi connectivity index (χ0) is 12.7. The summed E-state index contributed by atoms with van der Waals surface area (Å²) in [5, 5.41) is 17.1. The van der Waals surface area contributed by atoms with E-state index in [1.54, 1.807) is 6.07 Å². The molecule has 0 radical (unpaired) electrons. The molecule has 0 fully saturated rings. The summed E-state index contributed by atoms with van der Waals surface area (Å²) in [6, 6.07) is 3.05. The number of furan rings is 1. The first-order valence-corrected chi connectivity index (χ1v) is 5.35. The number of carboxylic acid groups (broad SMARTS) is 1. The van der Waals surface area contributed by atoms with E-state index in [0.717, 1.165) is 0 Å². The molecule has 3 aromatic heterocycles. The van der Waals surface area contributed by atoms with Gasteiger partial charge in [0.1, 0.15) is 6.26 Å². The molecule has 90 valence electrons. The number of rotatable bonds is 2. The number of fused-ring (bicyclic) bond motifs is 1. The molecule has 0 aliphatic heterocycles. The van der Waals surface area contributed by atoms with Crippen molar-refractivity contribution in [3.8, 4) is 11.4 Å². The van der Waals surface area contributed by atoms with Gasteiger partial charge in [0, 0.05) is 6.20 Å². The molecule has 3 aromatic rings. The highest BCUT2D eigenvalue weighted by Crippen LogP contribution is 2.24. The van der Waals surface area contributed by atoms with Gasteiger partial charge in [0.05, 0.1) is 22.4 Å². The zero-order valence-corrected chi connectivity index (χ0v) is 9.63. The molecule has 0 amide bonds. The summed E-state index contributed by atoms with van der Waals surface area (Å²) in [7, 11) is 0. The van der Waals surface area contributed by atoms with Crippen LogP contribution in [0.5, 0.6) is 0 Å². The Kier molecular flexibility index (Phi) is 2.31. The average Bonchev–Trinajstić information content (AvgIpc) is 2.96. The van der Waals surface area contributed by atoms with Gasteiger partial charge >= 0.3 is 5.97 Å². The van der Waals surface area contributed by atoms with E-state index in [0.29, 0.717) is 17.0 Å². The van der Waals surface area contributed by atoms with Crippen molar-refractivity contribution in [3.63, 3.8) is 0 Å². The highest BCUT2D eigenvalue weighted by Gasteiger charge is 2.15. The van der Waals surface area contributed by atoms with Gasteiger partial charge in [-0.3, -0.25) is 4.40 Å². The zero-order valence-electron chi connectivity index (χ0n) is 8.87. The minimum Gasteiger partial charge on any atom is -0.478 e. The fourth-order valence-corrected chi connectivity index (χ4v) is 1.91. The molecule has 0 saturated carbocycles. The summed E-state index contributed by atoms with van der Waals surface area (Å²) in [6.07, 6.45) is 4.42. The second-order valence-electron chi connectivity index (χ2n) is 3.61. The monoisotopic (exact) mass is 263 g/mol. The first-order valence-electron chi connectivity index (χ1n) is 4.97. The standard InChI is InChI=1S/C11H6ClN3O3/c12-8-3-7(11(16)17)4-15-9(13-14-10(8)15)6-1-2-18-5-6/h1-5H,(H,16,17). The molecular formula is C11H6ClN3O3. The molecule has 0 spiro atoms. The normalized spacial score (nSPS) is 10.9.